The van der Waals surface area contributed by atoms with Gasteiger partial charge in [0, 0.05) is 12.4 Å². The zero-order valence-electron chi connectivity index (χ0n) is 14.4. The van der Waals surface area contributed by atoms with Crippen molar-refractivity contribution in [3.8, 4) is 11.1 Å². The van der Waals surface area contributed by atoms with Crippen LogP contribution in [0.25, 0.3) is 11.1 Å². The lowest BCUT2D eigenvalue weighted by Gasteiger charge is -2.03. The van der Waals surface area contributed by atoms with E-state index in [2.05, 4.69) is 46.7 Å². The fourth-order valence-electron chi connectivity index (χ4n) is 2.10. The molecule has 0 unspecified atom stereocenters. The molecule has 0 fully saturated rings. The number of pyridine rings is 1. The molecule has 3 heteroatoms. The van der Waals surface area contributed by atoms with E-state index in [4.69, 9.17) is 0 Å². The lowest BCUT2D eigenvalue weighted by atomic mass is 10.1. The first-order chi connectivity index (χ1) is 11.8. The van der Waals surface area contributed by atoms with Crippen LogP contribution in [-0.2, 0) is 0 Å². The van der Waals surface area contributed by atoms with Crippen molar-refractivity contribution < 1.29 is 0 Å². The minimum atomic E-state index is 0.955. The maximum absolute atomic E-state index is 4.26. The van der Waals surface area contributed by atoms with Crippen LogP contribution < -0.4 is 5.43 Å². The number of hydrogen-bond acceptors (Lipinski definition) is 3. The van der Waals surface area contributed by atoms with Crippen molar-refractivity contribution in [1.29, 1.82) is 0 Å². The third-order valence-electron chi connectivity index (χ3n) is 3.36. The monoisotopic (exact) mass is 317 g/mol. The van der Waals surface area contributed by atoms with Crippen molar-refractivity contribution in [3.63, 3.8) is 0 Å². The minimum Gasteiger partial charge on any atom is -0.279 e. The van der Waals surface area contributed by atoms with Gasteiger partial charge in [-0.1, -0.05) is 61.9 Å². The molecule has 0 aliphatic heterocycles. The Balaban J connectivity index is 0.00000100. The van der Waals surface area contributed by atoms with Gasteiger partial charge in [-0.2, -0.15) is 5.10 Å². The summed E-state index contributed by atoms with van der Waals surface area (Å²) in [5.74, 6) is 0. The number of aromatic nitrogens is 1. The lowest BCUT2D eigenvalue weighted by Crippen LogP contribution is -1.90. The molecule has 1 N–H and O–H groups in total. The Kier molecular flexibility index (Phi) is 6.72. The Hall–Kier alpha value is -2.94. The predicted molar refractivity (Wildman–Crippen MR) is 103 cm³/mol. The number of aryl methyl sites for hydroxylation is 1. The quantitative estimate of drug-likeness (QED) is 0.507. The second-order valence-electron chi connectivity index (χ2n) is 5.10. The summed E-state index contributed by atoms with van der Waals surface area (Å²) in [6.07, 6.45) is 5.45. The minimum absolute atomic E-state index is 0.955. The Morgan fingerprint density at radius 3 is 2.21 bits per heavy atom. The van der Waals surface area contributed by atoms with Gasteiger partial charge < -0.3 is 0 Å². The molecule has 1 aromatic heterocycles. The molecule has 0 saturated heterocycles. The predicted octanol–water partition coefficient (Wildman–Crippen LogP) is 5.53. The number of nitrogens with zero attached hydrogens (tertiary/aromatic N) is 2. The smallest absolute Gasteiger partial charge is 0.0562 e. The van der Waals surface area contributed by atoms with Crippen molar-refractivity contribution in [3.05, 3.63) is 84.2 Å². The summed E-state index contributed by atoms with van der Waals surface area (Å²) >= 11 is 0. The molecule has 122 valence electrons. The zero-order valence-corrected chi connectivity index (χ0v) is 14.4. The van der Waals surface area contributed by atoms with Crippen LogP contribution in [0.2, 0.25) is 0 Å². The summed E-state index contributed by atoms with van der Waals surface area (Å²) < 4.78 is 0. The average molecular weight is 317 g/mol. The van der Waals surface area contributed by atoms with E-state index in [0.717, 1.165) is 22.4 Å². The fraction of sp³-hybridized carbons (Fsp3) is 0.143. The van der Waals surface area contributed by atoms with Crippen LogP contribution >= 0.6 is 0 Å². The summed E-state index contributed by atoms with van der Waals surface area (Å²) in [6.45, 7) is 6.07. The molecule has 0 aliphatic rings. The second kappa shape index (κ2) is 9.26. The highest BCUT2D eigenvalue weighted by Crippen LogP contribution is 2.20. The zero-order chi connectivity index (χ0) is 17.2. The molecule has 0 radical (unpaired) electrons. The largest absolute Gasteiger partial charge is 0.279 e. The maximum atomic E-state index is 4.26. The highest BCUT2D eigenvalue weighted by Gasteiger charge is 1.97. The topological polar surface area (TPSA) is 37.3 Å². The second-order valence-corrected chi connectivity index (χ2v) is 5.10. The molecule has 0 saturated carbocycles. The third kappa shape index (κ3) is 5.06. The summed E-state index contributed by atoms with van der Waals surface area (Å²) in [6, 6.07) is 20.4. The first-order valence-corrected chi connectivity index (χ1v) is 8.17. The molecular weight excluding hydrogens is 294 g/mol. The number of benzene rings is 2. The van der Waals surface area contributed by atoms with Gasteiger partial charge in [-0.3, -0.25) is 10.4 Å². The first-order valence-electron chi connectivity index (χ1n) is 8.17. The van der Waals surface area contributed by atoms with Gasteiger partial charge >= 0.3 is 0 Å². The highest BCUT2D eigenvalue weighted by molar-refractivity contribution is 5.80. The van der Waals surface area contributed by atoms with E-state index >= 15 is 0 Å². The number of nitrogens with one attached hydrogen (secondary N) is 1. The van der Waals surface area contributed by atoms with Gasteiger partial charge in [-0.05, 0) is 41.8 Å². The van der Waals surface area contributed by atoms with Gasteiger partial charge in [0.15, 0.2) is 0 Å². The van der Waals surface area contributed by atoms with Crippen LogP contribution in [0.3, 0.4) is 0 Å². The van der Waals surface area contributed by atoms with Crippen molar-refractivity contribution in [2.45, 2.75) is 20.8 Å². The van der Waals surface area contributed by atoms with Crippen LogP contribution in [0.5, 0.6) is 0 Å². The van der Waals surface area contributed by atoms with Crippen molar-refractivity contribution in [2.75, 3.05) is 5.43 Å². The summed E-state index contributed by atoms with van der Waals surface area (Å²) in [5, 5.41) is 4.26. The van der Waals surface area contributed by atoms with E-state index in [1.807, 2.05) is 62.7 Å². The molecule has 0 atom stereocenters. The SMILES string of the molecule is CC.Cc1ccc(/C=N/Nc2ccc(-c3cccnc3)cc2)cc1. The van der Waals surface area contributed by atoms with E-state index < -0.39 is 0 Å². The normalized spacial score (nSPS) is 10.1. The summed E-state index contributed by atoms with van der Waals surface area (Å²) in [5.41, 5.74) is 8.56. The van der Waals surface area contributed by atoms with E-state index in [1.54, 1.807) is 6.20 Å². The van der Waals surface area contributed by atoms with Gasteiger partial charge in [-0.15, -0.1) is 0 Å². The molecule has 0 spiro atoms. The van der Waals surface area contributed by atoms with E-state index in [-0.39, 0.29) is 0 Å². The summed E-state index contributed by atoms with van der Waals surface area (Å²) in [7, 11) is 0. The van der Waals surface area contributed by atoms with Crippen molar-refractivity contribution in [2.24, 2.45) is 5.10 Å². The Morgan fingerprint density at radius 2 is 1.58 bits per heavy atom. The fourth-order valence-corrected chi connectivity index (χ4v) is 2.10. The average Bonchev–Trinajstić information content (AvgIpc) is 2.66. The van der Waals surface area contributed by atoms with Gasteiger partial charge in [-0.25, -0.2) is 0 Å². The number of hydrazone groups is 1. The van der Waals surface area contributed by atoms with Gasteiger partial charge in [0.25, 0.3) is 0 Å². The van der Waals surface area contributed by atoms with Crippen molar-refractivity contribution >= 4 is 11.9 Å². The Bertz CT molecular complexity index is 745. The summed E-state index contributed by atoms with van der Waals surface area (Å²) in [4.78, 5) is 4.13. The van der Waals surface area contributed by atoms with Crippen LogP contribution in [0, 0.1) is 6.92 Å². The lowest BCUT2D eigenvalue weighted by molar-refractivity contribution is 1.32. The van der Waals surface area contributed by atoms with Crippen LogP contribution in [-0.4, -0.2) is 11.2 Å². The number of anilines is 1. The molecule has 3 aromatic rings. The van der Waals surface area contributed by atoms with Crippen LogP contribution in [0.4, 0.5) is 5.69 Å². The van der Waals surface area contributed by atoms with Crippen LogP contribution in [0.15, 0.2) is 78.2 Å². The van der Waals surface area contributed by atoms with Crippen molar-refractivity contribution in [1.82, 2.24) is 4.98 Å². The molecule has 0 aliphatic carbocycles. The van der Waals surface area contributed by atoms with E-state index in [0.29, 0.717) is 0 Å². The molecule has 2 aromatic carbocycles. The number of rotatable bonds is 4. The maximum Gasteiger partial charge on any atom is 0.0562 e. The van der Waals surface area contributed by atoms with Crippen LogP contribution in [0.1, 0.15) is 25.0 Å². The van der Waals surface area contributed by atoms with Gasteiger partial charge in [0.05, 0.1) is 11.9 Å². The molecule has 3 rings (SSSR count). The molecule has 1 heterocycles. The molecule has 3 nitrogen and oxygen atoms in total. The standard InChI is InChI=1S/C19H17N3.C2H6/c1-15-4-6-16(7-5-15)13-21-22-19-10-8-17(9-11-19)18-3-2-12-20-14-18;1-2/h2-14,22H,1H3;1-2H3/b21-13+;. The Morgan fingerprint density at radius 1 is 0.875 bits per heavy atom. The molecular formula is C21H23N3. The first kappa shape index (κ1) is 17.4. The highest BCUT2D eigenvalue weighted by atomic mass is 15.3. The van der Waals surface area contributed by atoms with E-state index in [9.17, 15) is 0 Å². The third-order valence-corrected chi connectivity index (χ3v) is 3.36. The Labute approximate surface area is 144 Å². The van der Waals surface area contributed by atoms with Gasteiger partial charge in [0.2, 0.25) is 0 Å². The van der Waals surface area contributed by atoms with E-state index in [1.165, 1.54) is 5.56 Å². The molecule has 0 bridgehead atoms. The number of hydrogen-bond donors (Lipinski definition) is 1. The molecule has 24 heavy (non-hydrogen) atoms. The molecule has 0 amide bonds. The van der Waals surface area contributed by atoms with Gasteiger partial charge in [0.1, 0.15) is 0 Å².